The number of fused-ring (bicyclic) bond motifs is 3. The van der Waals surface area contributed by atoms with E-state index in [1.54, 1.807) is 11.4 Å². The van der Waals surface area contributed by atoms with Gasteiger partial charge in [-0.1, -0.05) is 0 Å². The first-order valence-electron chi connectivity index (χ1n) is 4.76. The molecule has 0 saturated carbocycles. The first-order valence-corrected chi connectivity index (χ1v) is 5.64. The van der Waals surface area contributed by atoms with Gasteiger partial charge in [-0.05, 0) is 16.4 Å². The quantitative estimate of drug-likeness (QED) is 0.522. The summed E-state index contributed by atoms with van der Waals surface area (Å²) in [7, 11) is 0. The third-order valence-electron chi connectivity index (χ3n) is 2.54. The molecule has 3 rings (SSSR count). The average Bonchev–Trinajstić information content (AvgIpc) is 2.91. The van der Waals surface area contributed by atoms with Gasteiger partial charge in [-0.15, -0.1) is 11.3 Å². The van der Waals surface area contributed by atoms with E-state index in [1.165, 1.54) is 21.9 Å². The summed E-state index contributed by atoms with van der Waals surface area (Å²) in [5.41, 5.74) is 0.382. The van der Waals surface area contributed by atoms with Crippen molar-refractivity contribution in [1.82, 2.24) is 9.38 Å². The minimum Gasteiger partial charge on any atom is -0.358 e. The second-order valence-corrected chi connectivity index (χ2v) is 4.39. The predicted octanol–water partition coefficient (Wildman–Crippen LogP) is 2.37. The van der Waals surface area contributed by atoms with Gasteiger partial charge in [0.05, 0.1) is 11.1 Å². The zero-order valence-corrected chi connectivity index (χ0v) is 9.46. The first kappa shape index (κ1) is 10.6. The number of nitrogens with zero attached hydrogens (tertiary/aromatic N) is 4. The van der Waals surface area contributed by atoms with Gasteiger partial charge in [0.1, 0.15) is 11.6 Å². The Morgan fingerprint density at radius 2 is 2.06 bits per heavy atom. The molecule has 90 valence electrons. The smallest absolute Gasteiger partial charge is 0.336 e. The Hall–Kier alpha value is -2.55. The molecule has 0 atom stereocenters. The van der Waals surface area contributed by atoms with Crippen LogP contribution in [-0.2, 0) is 0 Å². The summed E-state index contributed by atoms with van der Waals surface area (Å²) in [5.74, 6) is -0.327. The molecule has 0 N–H and O–H groups in total. The van der Waals surface area contributed by atoms with Crippen LogP contribution in [0.25, 0.3) is 15.9 Å². The Morgan fingerprint density at radius 3 is 2.72 bits per heavy atom. The third-order valence-corrected chi connectivity index (χ3v) is 3.42. The fraction of sp³-hybridized carbons (Fsp3) is 0. The highest BCUT2D eigenvalue weighted by molar-refractivity contribution is 7.16. The first-order chi connectivity index (χ1) is 8.59. The van der Waals surface area contributed by atoms with Crippen LogP contribution in [-0.4, -0.2) is 19.2 Å². The Bertz CT molecular complexity index is 805. The van der Waals surface area contributed by atoms with Gasteiger partial charge in [0.2, 0.25) is 10.3 Å². The summed E-state index contributed by atoms with van der Waals surface area (Å²) < 4.78 is 1.26. The Labute approximate surface area is 102 Å². The van der Waals surface area contributed by atoms with Crippen LogP contribution in [0.2, 0.25) is 0 Å². The standard InChI is InChI=1S/C9H4N4O4S/c14-12(15)6-3-8(13(16)17)11-7(6)4-10-5-1-2-18-9(5)11/h1-4H. The summed E-state index contributed by atoms with van der Waals surface area (Å²) >= 11 is 1.25. The molecule has 0 spiro atoms. The summed E-state index contributed by atoms with van der Waals surface area (Å²) in [6.45, 7) is 0. The number of nitro groups is 2. The highest BCUT2D eigenvalue weighted by Gasteiger charge is 2.28. The molecule has 0 bridgehead atoms. The lowest BCUT2D eigenvalue weighted by molar-refractivity contribution is -0.393. The van der Waals surface area contributed by atoms with Gasteiger partial charge >= 0.3 is 11.5 Å². The van der Waals surface area contributed by atoms with Crippen molar-refractivity contribution in [2.24, 2.45) is 0 Å². The molecule has 8 nitrogen and oxygen atoms in total. The molecule has 0 aliphatic heterocycles. The molecule has 0 aliphatic rings. The average molecular weight is 264 g/mol. The second-order valence-electron chi connectivity index (χ2n) is 3.49. The van der Waals surface area contributed by atoms with Crippen LogP contribution in [0.1, 0.15) is 0 Å². The molecular weight excluding hydrogens is 260 g/mol. The van der Waals surface area contributed by atoms with Crippen LogP contribution in [0.5, 0.6) is 0 Å². The maximum atomic E-state index is 11.0. The minimum atomic E-state index is -0.649. The summed E-state index contributed by atoms with van der Waals surface area (Å²) in [5, 5.41) is 23.6. The maximum absolute atomic E-state index is 11.0. The molecular formula is C9H4N4O4S. The lowest BCUT2D eigenvalue weighted by Crippen LogP contribution is -1.95. The fourth-order valence-corrected chi connectivity index (χ4v) is 2.67. The van der Waals surface area contributed by atoms with Gasteiger partial charge in [-0.2, -0.15) is 4.40 Å². The second kappa shape index (κ2) is 3.47. The van der Waals surface area contributed by atoms with Gasteiger partial charge in [0.25, 0.3) is 0 Å². The van der Waals surface area contributed by atoms with Crippen LogP contribution < -0.4 is 0 Å². The number of hydrogen-bond acceptors (Lipinski definition) is 6. The van der Waals surface area contributed by atoms with Crippen LogP contribution >= 0.6 is 11.3 Å². The molecule has 3 aromatic rings. The molecule has 0 unspecified atom stereocenters. The third kappa shape index (κ3) is 1.27. The number of rotatable bonds is 2. The van der Waals surface area contributed by atoms with E-state index in [0.717, 1.165) is 6.07 Å². The van der Waals surface area contributed by atoms with E-state index in [9.17, 15) is 20.2 Å². The van der Waals surface area contributed by atoms with Crippen molar-refractivity contribution in [2.75, 3.05) is 0 Å². The van der Waals surface area contributed by atoms with Crippen LogP contribution in [0.15, 0.2) is 23.7 Å². The predicted molar refractivity (Wildman–Crippen MR) is 63.9 cm³/mol. The zero-order chi connectivity index (χ0) is 12.9. The number of aromatic nitrogens is 2. The van der Waals surface area contributed by atoms with Gasteiger partial charge < -0.3 is 10.1 Å². The monoisotopic (exact) mass is 264 g/mol. The van der Waals surface area contributed by atoms with Gasteiger partial charge in [0.15, 0.2) is 0 Å². The van der Waals surface area contributed by atoms with Crippen molar-refractivity contribution in [1.29, 1.82) is 0 Å². The molecule has 9 heteroatoms. The SMILES string of the molecule is O=[N+]([O-])c1cc([N+](=O)[O-])n2c1cnc1ccsc12. The van der Waals surface area contributed by atoms with E-state index < -0.39 is 9.85 Å². The highest BCUT2D eigenvalue weighted by atomic mass is 32.1. The van der Waals surface area contributed by atoms with Gasteiger partial charge in [0, 0.05) is 0 Å². The number of hydrogen-bond donors (Lipinski definition) is 0. The van der Waals surface area contributed by atoms with Gasteiger partial charge in [-0.25, -0.2) is 4.98 Å². The van der Waals surface area contributed by atoms with Crippen LogP contribution in [0, 0.1) is 20.2 Å². The Kier molecular flexibility index (Phi) is 2.04. The summed E-state index contributed by atoms with van der Waals surface area (Å²) in [6.07, 6.45) is 1.28. The Balaban J connectivity index is 2.56. The molecule has 0 radical (unpaired) electrons. The van der Waals surface area contributed by atoms with Gasteiger partial charge in [-0.3, -0.25) is 10.1 Å². The zero-order valence-electron chi connectivity index (χ0n) is 8.64. The highest BCUT2D eigenvalue weighted by Crippen LogP contribution is 2.33. The number of thiophene rings is 1. The molecule has 3 aromatic heterocycles. The topological polar surface area (TPSA) is 104 Å². The van der Waals surface area contributed by atoms with Crippen molar-refractivity contribution in [3.05, 3.63) is 43.9 Å². The lowest BCUT2D eigenvalue weighted by Gasteiger charge is -1.94. The molecule has 0 amide bonds. The molecule has 18 heavy (non-hydrogen) atoms. The van der Waals surface area contributed by atoms with Crippen molar-refractivity contribution < 1.29 is 9.85 Å². The fourth-order valence-electron chi connectivity index (χ4n) is 1.81. The van der Waals surface area contributed by atoms with Crippen molar-refractivity contribution in [3.63, 3.8) is 0 Å². The van der Waals surface area contributed by atoms with E-state index >= 15 is 0 Å². The van der Waals surface area contributed by atoms with E-state index in [1.807, 2.05) is 0 Å². The van der Waals surface area contributed by atoms with E-state index in [0.29, 0.717) is 10.3 Å². The summed E-state index contributed by atoms with van der Waals surface area (Å²) in [6, 6.07) is 2.66. The normalized spacial score (nSPS) is 11.1. The van der Waals surface area contributed by atoms with Crippen LogP contribution in [0.3, 0.4) is 0 Å². The molecule has 3 heterocycles. The molecule has 0 saturated heterocycles. The van der Waals surface area contributed by atoms with Crippen LogP contribution in [0.4, 0.5) is 11.5 Å². The minimum absolute atomic E-state index is 0.127. The maximum Gasteiger partial charge on any atom is 0.336 e. The van der Waals surface area contributed by atoms with Crippen molar-refractivity contribution >= 4 is 38.7 Å². The van der Waals surface area contributed by atoms with Crippen molar-refractivity contribution in [3.8, 4) is 0 Å². The van der Waals surface area contributed by atoms with Crippen molar-refractivity contribution in [2.45, 2.75) is 0 Å². The Morgan fingerprint density at radius 1 is 1.28 bits per heavy atom. The van der Waals surface area contributed by atoms with E-state index in [-0.39, 0.29) is 17.0 Å². The summed E-state index contributed by atoms with van der Waals surface area (Å²) in [4.78, 5) is 25.1. The lowest BCUT2D eigenvalue weighted by atomic mass is 10.4. The molecule has 0 aromatic carbocycles. The van der Waals surface area contributed by atoms with E-state index in [2.05, 4.69) is 4.98 Å². The largest absolute Gasteiger partial charge is 0.358 e. The molecule has 0 fully saturated rings. The molecule has 0 aliphatic carbocycles. The van der Waals surface area contributed by atoms with E-state index in [4.69, 9.17) is 0 Å².